The van der Waals surface area contributed by atoms with E-state index in [0.717, 1.165) is 31.4 Å². The number of aromatic nitrogens is 5. The number of aryl methyl sites for hydroxylation is 2. The Morgan fingerprint density at radius 3 is 2.73 bits per heavy atom. The van der Waals surface area contributed by atoms with Crippen LogP contribution >= 0.6 is 0 Å². The smallest absolute Gasteiger partial charge is 0.345 e. The Morgan fingerprint density at radius 1 is 1.23 bits per heavy atom. The SMILES string of the molecule is CCc1cc(NC2CCCCN(Cc3nn(C)c(=O)n3C)C2=O)ncn1. The van der Waals surface area contributed by atoms with E-state index >= 15 is 0 Å². The fourth-order valence-electron chi connectivity index (χ4n) is 3.16. The number of likely N-dealkylation sites (tertiary alicyclic amines) is 1. The summed E-state index contributed by atoms with van der Waals surface area (Å²) in [5.41, 5.74) is 0.744. The highest BCUT2D eigenvalue weighted by atomic mass is 16.2. The van der Waals surface area contributed by atoms with Crippen molar-refractivity contribution in [2.75, 3.05) is 11.9 Å². The van der Waals surface area contributed by atoms with Crippen molar-refractivity contribution in [3.63, 3.8) is 0 Å². The summed E-state index contributed by atoms with van der Waals surface area (Å²) in [6.07, 6.45) is 4.96. The monoisotopic (exact) mass is 359 g/mol. The molecule has 1 aliphatic heterocycles. The molecule has 9 heteroatoms. The molecule has 3 rings (SSSR count). The van der Waals surface area contributed by atoms with Crippen LogP contribution in [-0.2, 0) is 31.9 Å². The molecule has 1 N–H and O–H groups in total. The van der Waals surface area contributed by atoms with Crippen molar-refractivity contribution >= 4 is 11.7 Å². The second kappa shape index (κ2) is 7.67. The maximum atomic E-state index is 13.0. The van der Waals surface area contributed by atoms with Gasteiger partial charge in [0.15, 0.2) is 5.82 Å². The lowest BCUT2D eigenvalue weighted by molar-refractivity contribution is -0.132. The van der Waals surface area contributed by atoms with Gasteiger partial charge in [-0.3, -0.25) is 9.36 Å². The van der Waals surface area contributed by atoms with Crippen LogP contribution in [0, 0.1) is 0 Å². The molecular weight excluding hydrogens is 334 g/mol. The van der Waals surface area contributed by atoms with Gasteiger partial charge in [0.05, 0.1) is 6.54 Å². The topological polar surface area (TPSA) is 97.9 Å². The van der Waals surface area contributed by atoms with Gasteiger partial charge in [-0.05, 0) is 25.7 Å². The van der Waals surface area contributed by atoms with Gasteiger partial charge in [-0.2, -0.15) is 5.10 Å². The van der Waals surface area contributed by atoms with E-state index in [2.05, 4.69) is 20.4 Å². The standard InChI is InChI=1S/C17H25N7O2/c1-4-12-9-14(19-11-18-12)20-13-7-5-6-8-24(16(13)25)10-15-21-23(3)17(26)22(15)2/h9,11,13H,4-8,10H2,1-3H3,(H,18,19,20). The van der Waals surface area contributed by atoms with Gasteiger partial charge in [0, 0.05) is 32.4 Å². The number of hydrogen-bond donors (Lipinski definition) is 1. The van der Waals surface area contributed by atoms with Crippen LogP contribution in [0.4, 0.5) is 5.82 Å². The third-order valence-electron chi connectivity index (χ3n) is 4.74. The van der Waals surface area contributed by atoms with Crippen molar-refractivity contribution < 1.29 is 4.79 Å². The maximum Gasteiger partial charge on any atom is 0.345 e. The van der Waals surface area contributed by atoms with E-state index in [-0.39, 0.29) is 17.6 Å². The molecule has 0 saturated carbocycles. The summed E-state index contributed by atoms with van der Waals surface area (Å²) in [5.74, 6) is 1.27. The Bertz CT molecular complexity index is 842. The van der Waals surface area contributed by atoms with Gasteiger partial charge in [-0.1, -0.05) is 6.92 Å². The minimum atomic E-state index is -0.335. The van der Waals surface area contributed by atoms with Crippen LogP contribution < -0.4 is 11.0 Å². The molecule has 3 heterocycles. The predicted octanol–water partition coefficient (Wildman–Crippen LogP) is 0.464. The molecule has 1 atom stereocenters. The van der Waals surface area contributed by atoms with E-state index in [1.165, 1.54) is 15.6 Å². The summed E-state index contributed by atoms with van der Waals surface area (Å²) in [5, 5.41) is 7.49. The summed E-state index contributed by atoms with van der Waals surface area (Å²) in [7, 11) is 3.29. The molecule has 0 radical (unpaired) electrons. The van der Waals surface area contributed by atoms with Crippen LogP contribution in [0.15, 0.2) is 17.2 Å². The number of hydrogen-bond acceptors (Lipinski definition) is 6. The molecule has 1 amide bonds. The van der Waals surface area contributed by atoms with Gasteiger partial charge in [-0.25, -0.2) is 19.4 Å². The fourth-order valence-corrected chi connectivity index (χ4v) is 3.16. The lowest BCUT2D eigenvalue weighted by atomic mass is 10.1. The number of nitrogens with zero attached hydrogens (tertiary/aromatic N) is 6. The number of carbonyl (C=O) groups is 1. The van der Waals surface area contributed by atoms with E-state index < -0.39 is 0 Å². The molecule has 0 bridgehead atoms. The van der Waals surface area contributed by atoms with Gasteiger partial charge >= 0.3 is 5.69 Å². The lowest BCUT2D eigenvalue weighted by Gasteiger charge is -2.24. The molecule has 1 aliphatic rings. The molecule has 0 spiro atoms. The van der Waals surface area contributed by atoms with Crippen molar-refractivity contribution in [3.05, 3.63) is 34.4 Å². The summed E-state index contributed by atoms with van der Waals surface area (Å²) in [6, 6.07) is 1.54. The second-order valence-corrected chi connectivity index (χ2v) is 6.58. The molecule has 1 saturated heterocycles. The average molecular weight is 359 g/mol. The highest BCUT2D eigenvalue weighted by molar-refractivity contribution is 5.84. The van der Waals surface area contributed by atoms with Gasteiger partial charge in [0.1, 0.15) is 18.2 Å². The molecular formula is C17H25N7O2. The number of amides is 1. The average Bonchev–Trinajstić information content (AvgIpc) is 2.79. The van der Waals surface area contributed by atoms with Crippen LogP contribution in [0.25, 0.3) is 0 Å². The highest BCUT2D eigenvalue weighted by Crippen LogP contribution is 2.18. The van der Waals surface area contributed by atoms with Crippen LogP contribution in [0.1, 0.15) is 37.7 Å². The second-order valence-electron chi connectivity index (χ2n) is 6.58. The first-order valence-electron chi connectivity index (χ1n) is 8.94. The quantitative estimate of drug-likeness (QED) is 0.833. The van der Waals surface area contributed by atoms with Crippen LogP contribution in [0.3, 0.4) is 0 Å². The Kier molecular flexibility index (Phi) is 5.34. The molecule has 26 heavy (non-hydrogen) atoms. The summed E-state index contributed by atoms with van der Waals surface area (Å²) in [6.45, 7) is 3.02. The number of anilines is 1. The van der Waals surface area contributed by atoms with Crippen LogP contribution in [0.5, 0.6) is 0 Å². The van der Waals surface area contributed by atoms with Crippen LogP contribution in [-0.4, -0.2) is 47.7 Å². The molecule has 1 unspecified atom stereocenters. The van der Waals surface area contributed by atoms with E-state index in [9.17, 15) is 9.59 Å². The summed E-state index contributed by atoms with van der Waals surface area (Å²) < 4.78 is 2.78. The van der Waals surface area contributed by atoms with Crippen molar-refractivity contribution in [2.45, 2.75) is 45.2 Å². The summed E-state index contributed by atoms with van der Waals surface area (Å²) in [4.78, 5) is 35.1. The lowest BCUT2D eigenvalue weighted by Crippen LogP contribution is -2.42. The highest BCUT2D eigenvalue weighted by Gasteiger charge is 2.28. The van der Waals surface area contributed by atoms with Crippen LogP contribution in [0.2, 0.25) is 0 Å². The Morgan fingerprint density at radius 2 is 2.04 bits per heavy atom. The van der Waals surface area contributed by atoms with Crippen molar-refractivity contribution in [2.24, 2.45) is 14.1 Å². The van der Waals surface area contributed by atoms with Gasteiger partial charge < -0.3 is 10.2 Å². The van der Waals surface area contributed by atoms with Crippen molar-refractivity contribution in [1.29, 1.82) is 0 Å². The number of rotatable bonds is 5. The summed E-state index contributed by atoms with van der Waals surface area (Å²) >= 11 is 0. The molecule has 0 aromatic carbocycles. The van der Waals surface area contributed by atoms with Crippen molar-refractivity contribution in [1.82, 2.24) is 29.2 Å². The first-order valence-corrected chi connectivity index (χ1v) is 8.94. The third-order valence-corrected chi connectivity index (χ3v) is 4.74. The zero-order chi connectivity index (χ0) is 18.7. The Hall–Kier alpha value is -2.71. The molecule has 1 fully saturated rings. The minimum absolute atomic E-state index is 0.0114. The molecule has 9 nitrogen and oxygen atoms in total. The molecule has 2 aromatic rings. The number of carbonyl (C=O) groups excluding carboxylic acids is 1. The van der Waals surface area contributed by atoms with E-state index in [1.54, 1.807) is 19.0 Å². The predicted molar refractivity (Wildman–Crippen MR) is 96.5 cm³/mol. The Balaban J connectivity index is 1.76. The first kappa shape index (κ1) is 18.1. The van der Waals surface area contributed by atoms with E-state index in [0.29, 0.717) is 24.7 Å². The normalized spacial score (nSPS) is 18.0. The molecule has 2 aromatic heterocycles. The Labute approximate surface area is 152 Å². The molecule has 140 valence electrons. The van der Waals surface area contributed by atoms with Gasteiger partial charge in [-0.15, -0.1) is 0 Å². The maximum absolute atomic E-state index is 13.0. The largest absolute Gasteiger partial charge is 0.358 e. The van der Waals surface area contributed by atoms with Gasteiger partial charge in [0.2, 0.25) is 5.91 Å². The number of nitrogens with one attached hydrogen (secondary N) is 1. The van der Waals surface area contributed by atoms with Gasteiger partial charge in [0.25, 0.3) is 0 Å². The van der Waals surface area contributed by atoms with E-state index in [1.807, 2.05) is 13.0 Å². The zero-order valence-corrected chi connectivity index (χ0v) is 15.5. The van der Waals surface area contributed by atoms with E-state index in [4.69, 9.17) is 0 Å². The minimum Gasteiger partial charge on any atom is -0.358 e. The van der Waals surface area contributed by atoms with Crippen molar-refractivity contribution in [3.8, 4) is 0 Å². The molecule has 0 aliphatic carbocycles. The third kappa shape index (κ3) is 3.76. The fraction of sp³-hybridized carbons (Fsp3) is 0.588. The zero-order valence-electron chi connectivity index (χ0n) is 15.5. The first-order chi connectivity index (χ1) is 12.5.